The number of nitrogens with one attached hydrogen (secondary N) is 1. The first-order valence-corrected chi connectivity index (χ1v) is 19.9. The van der Waals surface area contributed by atoms with Crippen LogP contribution in [-0.2, 0) is 14.3 Å². The van der Waals surface area contributed by atoms with Crippen LogP contribution < -0.4 is 5.32 Å². The van der Waals surface area contributed by atoms with Gasteiger partial charge in [-0.15, -0.1) is 0 Å². The number of rotatable bonds is 32. The second-order valence-electron chi connectivity index (χ2n) is 14.1. The number of aliphatic hydroxyl groups excluding tert-OH is 5. The number of allylic oxidation sites excluding steroid dienone is 1. The van der Waals surface area contributed by atoms with Crippen molar-refractivity contribution in [3.63, 3.8) is 0 Å². The van der Waals surface area contributed by atoms with Gasteiger partial charge in [0.1, 0.15) is 24.4 Å². The van der Waals surface area contributed by atoms with Crippen molar-refractivity contribution in [3.8, 4) is 0 Å². The van der Waals surface area contributed by atoms with Crippen molar-refractivity contribution in [1.29, 1.82) is 0 Å². The van der Waals surface area contributed by atoms with Crippen LogP contribution in [0.3, 0.4) is 0 Å². The fourth-order valence-electron chi connectivity index (χ4n) is 6.32. The molecule has 1 rings (SSSR count). The average molecular weight is 686 g/mol. The summed E-state index contributed by atoms with van der Waals surface area (Å²) >= 11 is 0. The lowest BCUT2D eigenvalue weighted by Gasteiger charge is -2.40. The maximum absolute atomic E-state index is 12.8. The van der Waals surface area contributed by atoms with Gasteiger partial charge in [-0.2, -0.15) is 0 Å². The molecule has 1 aliphatic rings. The molecule has 0 aliphatic carbocycles. The van der Waals surface area contributed by atoms with Crippen LogP contribution in [-0.4, -0.2) is 87.5 Å². The normalized spacial score (nSPS) is 22.7. The molecule has 1 saturated heterocycles. The molecule has 0 aromatic carbocycles. The summed E-state index contributed by atoms with van der Waals surface area (Å²) in [5.74, 6) is -0.184. The first-order valence-electron chi connectivity index (χ1n) is 19.9. The van der Waals surface area contributed by atoms with E-state index in [-0.39, 0.29) is 12.5 Å². The van der Waals surface area contributed by atoms with Gasteiger partial charge in [0.25, 0.3) is 0 Å². The van der Waals surface area contributed by atoms with E-state index in [4.69, 9.17) is 9.47 Å². The minimum atomic E-state index is -1.56. The first kappa shape index (κ1) is 45.0. The summed E-state index contributed by atoms with van der Waals surface area (Å²) in [6.07, 6.45) is 26.2. The predicted octanol–water partition coefficient (Wildman–Crippen LogP) is 7.00. The van der Waals surface area contributed by atoms with E-state index in [1.54, 1.807) is 6.08 Å². The Balaban J connectivity index is 2.17. The van der Waals surface area contributed by atoms with Gasteiger partial charge < -0.3 is 40.3 Å². The Morgan fingerprint density at radius 3 is 1.60 bits per heavy atom. The third-order valence-electron chi connectivity index (χ3n) is 9.61. The van der Waals surface area contributed by atoms with Crippen LogP contribution in [0.2, 0.25) is 0 Å². The Labute approximate surface area is 293 Å². The van der Waals surface area contributed by atoms with E-state index in [2.05, 4.69) is 19.2 Å². The Hall–Kier alpha value is -1.07. The van der Waals surface area contributed by atoms with Crippen LogP contribution in [0.5, 0.6) is 0 Å². The van der Waals surface area contributed by atoms with Gasteiger partial charge in [0.15, 0.2) is 6.29 Å². The highest BCUT2D eigenvalue weighted by Gasteiger charge is 2.44. The lowest BCUT2D eigenvalue weighted by atomic mass is 9.99. The number of hydrogen-bond donors (Lipinski definition) is 6. The van der Waals surface area contributed by atoms with Gasteiger partial charge in [-0.3, -0.25) is 4.79 Å². The fourth-order valence-corrected chi connectivity index (χ4v) is 6.32. The van der Waals surface area contributed by atoms with Gasteiger partial charge in [-0.25, -0.2) is 0 Å². The third-order valence-corrected chi connectivity index (χ3v) is 9.61. The summed E-state index contributed by atoms with van der Waals surface area (Å²) in [6, 6.07) is -0.794. The zero-order chi connectivity index (χ0) is 35.2. The van der Waals surface area contributed by atoms with Crippen LogP contribution in [0.15, 0.2) is 12.2 Å². The SMILES string of the molecule is CCCC/C=C/C(O)C(COC1OC(CO)C(O)C(O)C1O)NC(=O)CCCCCCCCCCCCCCCCCCCCCCC. The lowest BCUT2D eigenvalue weighted by Crippen LogP contribution is -2.60. The van der Waals surface area contributed by atoms with Gasteiger partial charge in [0, 0.05) is 6.42 Å². The Bertz CT molecular complexity index is 766. The maximum atomic E-state index is 12.8. The van der Waals surface area contributed by atoms with E-state index in [0.717, 1.165) is 38.5 Å². The number of ether oxygens (including phenoxy) is 2. The molecule has 284 valence electrons. The largest absolute Gasteiger partial charge is 0.394 e. The zero-order valence-corrected chi connectivity index (χ0v) is 30.7. The molecule has 1 fully saturated rings. The van der Waals surface area contributed by atoms with Crippen LogP contribution in [0.4, 0.5) is 0 Å². The summed E-state index contributed by atoms with van der Waals surface area (Å²) in [7, 11) is 0. The molecule has 9 nitrogen and oxygen atoms in total. The number of hydrogen-bond acceptors (Lipinski definition) is 8. The maximum Gasteiger partial charge on any atom is 0.220 e. The number of aliphatic hydroxyl groups is 5. The molecule has 0 spiro atoms. The van der Waals surface area contributed by atoms with E-state index in [1.165, 1.54) is 116 Å². The number of carbonyl (C=O) groups excluding carboxylic acids is 1. The van der Waals surface area contributed by atoms with Crippen molar-refractivity contribution in [2.75, 3.05) is 13.2 Å². The molecular weight excluding hydrogens is 610 g/mol. The van der Waals surface area contributed by atoms with Gasteiger partial charge in [0.2, 0.25) is 5.91 Å². The molecule has 7 unspecified atom stereocenters. The minimum Gasteiger partial charge on any atom is -0.394 e. The fraction of sp³-hybridized carbons (Fsp3) is 0.923. The van der Waals surface area contributed by atoms with Crippen LogP contribution in [0.1, 0.15) is 174 Å². The molecule has 7 atom stereocenters. The summed E-state index contributed by atoms with van der Waals surface area (Å²) in [4.78, 5) is 12.8. The topological polar surface area (TPSA) is 149 Å². The zero-order valence-electron chi connectivity index (χ0n) is 30.7. The monoisotopic (exact) mass is 686 g/mol. The highest BCUT2D eigenvalue weighted by Crippen LogP contribution is 2.22. The van der Waals surface area contributed by atoms with E-state index in [0.29, 0.717) is 6.42 Å². The Morgan fingerprint density at radius 2 is 1.15 bits per heavy atom. The smallest absolute Gasteiger partial charge is 0.220 e. The molecule has 48 heavy (non-hydrogen) atoms. The second kappa shape index (κ2) is 30.7. The molecule has 9 heteroatoms. The van der Waals surface area contributed by atoms with Crippen molar-refractivity contribution in [3.05, 3.63) is 12.2 Å². The molecule has 1 aliphatic heterocycles. The molecule has 0 radical (unpaired) electrons. The Morgan fingerprint density at radius 1 is 0.688 bits per heavy atom. The predicted molar refractivity (Wildman–Crippen MR) is 194 cm³/mol. The summed E-state index contributed by atoms with van der Waals surface area (Å²) in [5, 5.41) is 53.4. The van der Waals surface area contributed by atoms with Crippen molar-refractivity contribution >= 4 is 5.91 Å². The van der Waals surface area contributed by atoms with E-state index >= 15 is 0 Å². The van der Waals surface area contributed by atoms with Crippen molar-refractivity contribution in [2.24, 2.45) is 0 Å². The lowest BCUT2D eigenvalue weighted by molar-refractivity contribution is -0.302. The molecule has 0 aromatic heterocycles. The Kier molecular flexibility index (Phi) is 28.8. The molecule has 0 saturated carbocycles. The standard InChI is InChI=1S/C39H75NO8/c1-3-5-7-9-10-11-12-13-14-15-16-17-18-19-20-21-22-23-24-25-27-29-35(43)40-32(33(42)28-26-8-6-4-2)31-47-39-38(46)37(45)36(44)34(30-41)48-39/h26,28,32-34,36-39,41-42,44-46H,3-25,27,29-31H2,1-2H3,(H,40,43)/b28-26+. The van der Waals surface area contributed by atoms with Crippen LogP contribution in [0, 0.1) is 0 Å². The van der Waals surface area contributed by atoms with E-state index < -0.39 is 49.5 Å². The average Bonchev–Trinajstić information content (AvgIpc) is 3.08. The number of unbranched alkanes of at least 4 members (excludes halogenated alkanes) is 22. The van der Waals surface area contributed by atoms with Gasteiger partial charge in [-0.05, 0) is 12.8 Å². The van der Waals surface area contributed by atoms with Crippen LogP contribution in [0.25, 0.3) is 0 Å². The third kappa shape index (κ3) is 21.9. The second-order valence-corrected chi connectivity index (χ2v) is 14.1. The number of amides is 1. The molecule has 1 heterocycles. The van der Waals surface area contributed by atoms with Crippen molar-refractivity contribution < 1.29 is 39.8 Å². The first-order chi connectivity index (χ1) is 23.3. The van der Waals surface area contributed by atoms with Gasteiger partial charge >= 0.3 is 0 Å². The number of carbonyl (C=O) groups is 1. The quantitative estimate of drug-likeness (QED) is 0.0328. The summed E-state index contributed by atoms with van der Waals surface area (Å²) in [5.41, 5.74) is 0. The van der Waals surface area contributed by atoms with Gasteiger partial charge in [-0.1, -0.05) is 167 Å². The molecule has 0 aromatic rings. The summed E-state index contributed by atoms with van der Waals surface area (Å²) < 4.78 is 11.1. The van der Waals surface area contributed by atoms with Crippen LogP contribution >= 0.6 is 0 Å². The summed E-state index contributed by atoms with van der Waals surface area (Å²) in [6.45, 7) is 3.61. The van der Waals surface area contributed by atoms with E-state index in [1.807, 2.05) is 6.08 Å². The van der Waals surface area contributed by atoms with Gasteiger partial charge in [0.05, 0.1) is 25.4 Å². The minimum absolute atomic E-state index is 0.184. The highest BCUT2D eigenvalue weighted by molar-refractivity contribution is 5.76. The molecule has 6 N–H and O–H groups in total. The van der Waals surface area contributed by atoms with E-state index in [9.17, 15) is 30.3 Å². The van der Waals surface area contributed by atoms with Crippen molar-refractivity contribution in [2.45, 2.75) is 217 Å². The molecular formula is C39H75NO8. The van der Waals surface area contributed by atoms with Crippen molar-refractivity contribution in [1.82, 2.24) is 5.32 Å². The highest BCUT2D eigenvalue weighted by atomic mass is 16.7. The molecule has 0 bridgehead atoms. The molecule has 1 amide bonds.